The highest BCUT2D eigenvalue weighted by Gasteiger charge is 2.41. The highest BCUT2D eigenvalue weighted by Crippen LogP contribution is 2.41. The maximum Gasteiger partial charge on any atom is 0.147 e. The number of aromatic nitrogens is 4. The van der Waals surface area contributed by atoms with Crippen molar-refractivity contribution >= 4 is 16.7 Å². The number of β-amino-alcohol motifs (C(OH)–C–C–N with tert-alkyl or cyclic N) is 1. The molecule has 7 heteroatoms. The largest absolute Gasteiger partial charge is 0.391 e. The molecule has 7 nitrogen and oxygen atoms in total. The lowest BCUT2D eigenvalue weighted by Crippen LogP contribution is -2.54. The summed E-state index contributed by atoms with van der Waals surface area (Å²) in [6, 6.07) is 6.52. The number of piperidine rings is 2. The molecule has 28 heavy (non-hydrogen) atoms. The molecule has 5 rings (SSSR count). The molecule has 2 saturated heterocycles. The molecule has 0 amide bonds. The first-order valence-corrected chi connectivity index (χ1v) is 10.0. The average Bonchev–Trinajstić information content (AvgIpc) is 3.18. The number of nitrogens with one attached hydrogen (secondary N) is 1. The standard InChI is InChI=1S/C21H26N6O/c28-18-10-21(15-27(14-18)20-12-22-5-6-23-20)3-7-26(8-4-21)13-16-1-2-19-17(9-16)11-24-25-19/h1-2,5-6,9,11-12,18,28H,3-4,7-8,10,13-15H2,(H,24,25). The van der Waals surface area contributed by atoms with Crippen LogP contribution in [0.4, 0.5) is 5.82 Å². The number of rotatable bonds is 3. The minimum absolute atomic E-state index is 0.167. The van der Waals surface area contributed by atoms with Crippen LogP contribution in [0.1, 0.15) is 24.8 Å². The number of aliphatic hydroxyl groups is 1. The Bertz CT molecular complexity index is 934. The van der Waals surface area contributed by atoms with Gasteiger partial charge in [0.15, 0.2) is 0 Å². The van der Waals surface area contributed by atoms with Crippen LogP contribution in [-0.2, 0) is 6.54 Å². The van der Waals surface area contributed by atoms with Crippen molar-refractivity contribution in [3.63, 3.8) is 0 Å². The highest BCUT2D eigenvalue weighted by atomic mass is 16.3. The van der Waals surface area contributed by atoms with Crippen LogP contribution in [0.15, 0.2) is 43.0 Å². The smallest absolute Gasteiger partial charge is 0.147 e. The zero-order valence-electron chi connectivity index (χ0n) is 16.0. The summed E-state index contributed by atoms with van der Waals surface area (Å²) in [5.74, 6) is 0.872. The Morgan fingerprint density at radius 3 is 2.89 bits per heavy atom. The van der Waals surface area contributed by atoms with Crippen LogP contribution in [-0.4, -0.2) is 62.5 Å². The summed E-state index contributed by atoms with van der Waals surface area (Å²) in [7, 11) is 0. The molecular weight excluding hydrogens is 352 g/mol. The van der Waals surface area contributed by atoms with E-state index in [0.717, 1.165) is 56.8 Å². The average molecular weight is 378 g/mol. The van der Waals surface area contributed by atoms with Crippen molar-refractivity contribution in [3.8, 4) is 0 Å². The molecule has 1 unspecified atom stereocenters. The fraction of sp³-hybridized carbons (Fsp3) is 0.476. The molecule has 3 aromatic rings. The summed E-state index contributed by atoms with van der Waals surface area (Å²) < 4.78 is 0. The summed E-state index contributed by atoms with van der Waals surface area (Å²) in [6.07, 6.45) is 9.90. The third kappa shape index (κ3) is 3.47. The van der Waals surface area contributed by atoms with Crippen molar-refractivity contribution in [2.45, 2.75) is 31.9 Å². The number of aromatic amines is 1. The lowest BCUT2D eigenvalue weighted by Gasteiger charge is -2.49. The van der Waals surface area contributed by atoms with Crippen LogP contribution in [0.5, 0.6) is 0 Å². The topological polar surface area (TPSA) is 81.2 Å². The van der Waals surface area contributed by atoms with E-state index < -0.39 is 0 Å². The molecule has 1 spiro atoms. The number of hydrogen-bond acceptors (Lipinski definition) is 6. The number of anilines is 1. The lowest BCUT2D eigenvalue weighted by molar-refractivity contribution is 0.0244. The van der Waals surface area contributed by atoms with Crippen molar-refractivity contribution in [2.24, 2.45) is 5.41 Å². The maximum atomic E-state index is 10.5. The first-order chi connectivity index (χ1) is 13.7. The Balaban J connectivity index is 1.25. The van der Waals surface area contributed by atoms with E-state index in [0.29, 0.717) is 6.54 Å². The molecule has 146 valence electrons. The molecule has 0 radical (unpaired) electrons. The minimum Gasteiger partial charge on any atom is -0.391 e. The van der Waals surface area contributed by atoms with Crippen LogP contribution in [0.3, 0.4) is 0 Å². The van der Waals surface area contributed by atoms with E-state index in [9.17, 15) is 5.11 Å². The Morgan fingerprint density at radius 2 is 2.07 bits per heavy atom. The van der Waals surface area contributed by atoms with Gasteiger partial charge in [-0.05, 0) is 55.5 Å². The Hall–Kier alpha value is -2.51. The SMILES string of the molecule is OC1CN(c2cnccn2)CC2(CCN(Cc3ccc4[nH]ncc4c3)CC2)C1. The van der Waals surface area contributed by atoms with Gasteiger partial charge in [0.1, 0.15) is 5.82 Å². The summed E-state index contributed by atoms with van der Waals surface area (Å²) in [4.78, 5) is 13.4. The minimum atomic E-state index is -0.300. The van der Waals surface area contributed by atoms with E-state index in [1.807, 2.05) is 6.20 Å². The quantitative estimate of drug-likeness (QED) is 0.727. The predicted octanol–water partition coefficient (Wildman–Crippen LogP) is 2.21. The Morgan fingerprint density at radius 1 is 1.18 bits per heavy atom. The van der Waals surface area contributed by atoms with Crippen LogP contribution >= 0.6 is 0 Å². The normalized spacial score (nSPS) is 22.8. The third-order valence-electron chi connectivity index (χ3n) is 6.33. The van der Waals surface area contributed by atoms with E-state index in [2.05, 4.69) is 48.2 Å². The van der Waals surface area contributed by atoms with Crippen LogP contribution in [0.25, 0.3) is 10.9 Å². The number of aliphatic hydroxyl groups excluding tert-OH is 1. The van der Waals surface area contributed by atoms with E-state index >= 15 is 0 Å². The maximum absolute atomic E-state index is 10.5. The van der Waals surface area contributed by atoms with Crippen molar-refractivity contribution in [2.75, 3.05) is 31.1 Å². The van der Waals surface area contributed by atoms with Gasteiger partial charge in [0.05, 0.1) is 24.0 Å². The van der Waals surface area contributed by atoms with Gasteiger partial charge in [-0.3, -0.25) is 15.0 Å². The third-order valence-corrected chi connectivity index (χ3v) is 6.33. The number of nitrogens with zero attached hydrogens (tertiary/aromatic N) is 5. The van der Waals surface area contributed by atoms with Crippen molar-refractivity contribution in [1.82, 2.24) is 25.1 Å². The van der Waals surface area contributed by atoms with E-state index in [1.165, 1.54) is 10.9 Å². The molecule has 0 aliphatic carbocycles. The summed E-state index contributed by atoms with van der Waals surface area (Å²) in [5, 5.41) is 18.8. The molecule has 1 atom stereocenters. The molecule has 0 saturated carbocycles. The molecule has 0 bridgehead atoms. The highest BCUT2D eigenvalue weighted by molar-refractivity contribution is 5.78. The fourth-order valence-electron chi connectivity index (χ4n) is 4.88. The van der Waals surface area contributed by atoms with Gasteiger partial charge < -0.3 is 10.0 Å². The number of hydrogen-bond donors (Lipinski definition) is 2. The van der Waals surface area contributed by atoms with Crippen LogP contribution < -0.4 is 4.90 Å². The van der Waals surface area contributed by atoms with E-state index in [4.69, 9.17) is 0 Å². The van der Waals surface area contributed by atoms with Gasteiger partial charge in [0, 0.05) is 37.4 Å². The molecule has 2 N–H and O–H groups in total. The molecule has 2 aliphatic rings. The number of benzene rings is 1. The van der Waals surface area contributed by atoms with Crippen LogP contribution in [0.2, 0.25) is 0 Å². The van der Waals surface area contributed by atoms with Crippen molar-refractivity contribution in [1.29, 1.82) is 0 Å². The predicted molar refractivity (Wildman–Crippen MR) is 108 cm³/mol. The monoisotopic (exact) mass is 378 g/mol. The first kappa shape index (κ1) is 17.6. The lowest BCUT2D eigenvalue weighted by atomic mass is 9.71. The van der Waals surface area contributed by atoms with Crippen molar-refractivity contribution < 1.29 is 5.11 Å². The molecule has 4 heterocycles. The van der Waals surface area contributed by atoms with Crippen LogP contribution in [0, 0.1) is 5.41 Å². The summed E-state index contributed by atoms with van der Waals surface area (Å²) in [5.41, 5.74) is 2.58. The van der Waals surface area contributed by atoms with E-state index in [-0.39, 0.29) is 11.5 Å². The molecule has 2 aliphatic heterocycles. The van der Waals surface area contributed by atoms with E-state index in [1.54, 1.807) is 18.6 Å². The first-order valence-electron chi connectivity index (χ1n) is 10.0. The summed E-state index contributed by atoms with van der Waals surface area (Å²) in [6.45, 7) is 4.69. The number of fused-ring (bicyclic) bond motifs is 1. The zero-order valence-corrected chi connectivity index (χ0v) is 16.0. The van der Waals surface area contributed by atoms with Gasteiger partial charge in [-0.2, -0.15) is 5.10 Å². The van der Waals surface area contributed by atoms with Gasteiger partial charge >= 0.3 is 0 Å². The molecule has 2 aromatic heterocycles. The fourth-order valence-corrected chi connectivity index (χ4v) is 4.88. The Labute approximate surface area is 164 Å². The van der Waals surface area contributed by atoms with Gasteiger partial charge in [0.25, 0.3) is 0 Å². The van der Waals surface area contributed by atoms with Crippen molar-refractivity contribution in [3.05, 3.63) is 48.5 Å². The number of likely N-dealkylation sites (tertiary alicyclic amines) is 1. The second kappa shape index (κ2) is 7.14. The molecule has 2 fully saturated rings. The second-order valence-electron chi connectivity index (χ2n) is 8.37. The van der Waals surface area contributed by atoms with Gasteiger partial charge in [-0.1, -0.05) is 6.07 Å². The molecular formula is C21H26N6O. The zero-order chi connectivity index (χ0) is 19.0. The van der Waals surface area contributed by atoms with Gasteiger partial charge in [0.2, 0.25) is 0 Å². The summed E-state index contributed by atoms with van der Waals surface area (Å²) >= 11 is 0. The van der Waals surface area contributed by atoms with Gasteiger partial charge in [-0.25, -0.2) is 4.98 Å². The molecule has 1 aromatic carbocycles. The Kier molecular flexibility index (Phi) is 4.49. The second-order valence-corrected chi connectivity index (χ2v) is 8.37. The number of H-pyrrole nitrogens is 1. The van der Waals surface area contributed by atoms with Gasteiger partial charge in [-0.15, -0.1) is 0 Å².